The fourth-order valence-electron chi connectivity index (χ4n) is 2.16. The van der Waals surface area contributed by atoms with Gasteiger partial charge in [-0.1, -0.05) is 41.9 Å². The van der Waals surface area contributed by atoms with Crippen molar-refractivity contribution in [3.8, 4) is 5.75 Å². The minimum Gasteiger partial charge on any atom is -0.491 e. The Morgan fingerprint density at radius 2 is 1.65 bits per heavy atom. The summed E-state index contributed by atoms with van der Waals surface area (Å²) in [6.07, 6.45) is -0.688. The van der Waals surface area contributed by atoms with E-state index in [2.05, 4.69) is 0 Å². The molecule has 0 heterocycles. The summed E-state index contributed by atoms with van der Waals surface area (Å²) in [5, 5.41) is 11.3. The molecule has 1 unspecified atom stereocenters. The Morgan fingerprint density at radius 1 is 1.00 bits per heavy atom. The second kappa shape index (κ2) is 6.29. The fraction of sp³-hybridized carbons (Fsp3) is 0.294. The Hall–Kier alpha value is -1.51. The average molecular weight is 291 g/mol. The van der Waals surface area contributed by atoms with Crippen molar-refractivity contribution in [3.63, 3.8) is 0 Å². The Bertz CT molecular complexity index is 593. The molecule has 2 aromatic carbocycles. The summed E-state index contributed by atoms with van der Waals surface area (Å²) in [4.78, 5) is 0. The molecule has 0 aromatic heterocycles. The molecule has 20 heavy (non-hydrogen) atoms. The summed E-state index contributed by atoms with van der Waals surface area (Å²) >= 11 is 6.13. The van der Waals surface area contributed by atoms with E-state index in [0.29, 0.717) is 10.8 Å². The second-order valence-corrected chi connectivity index (χ2v) is 5.47. The summed E-state index contributed by atoms with van der Waals surface area (Å²) in [6, 6.07) is 13.1. The molecule has 1 N–H and O–H groups in total. The van der Waals surface area contributed by atoms with Crippen LogP contribution in [0.15, 0.2) is 42.5 Å². The van der Waals surface area contributed by atoms with Crippen LogP contribution in [0.3, 0.4) is 0 Å². The molecule has 0 saturated heterocycles. The predicted octanol–water partition coefficient (Wildman–Crippen LogP) is 4.52. The van der Waals surface area contributed by atoms with Gasteiger partial charge in [-0.15, -0.1) is 0 Å². The summed E-state index contributed by atoms with van der Waals surface area (Å²) in [5.74, 6) is 0.703. The van der Waals surface area contributed by atoms with E-state index in [0.717, 1.165) is 16.7 Å². The lowest BCUT2D eigenvalue weighted by atomic mass is 9.97. The van der Waals surface area contributed by atoms with Crippen LogP contribution >= 0.6 is 11.6 Å². The van der Waals surface area contributed by atoms with Crippen molar-refractivity contribution < 1.29 is 9.84 Å². The first-order valence-corrected chi connectivity index (χ1v) is 7.07. The number of aliphatic hydroxyl groups excluding tert-OH is 1. The Labute approximate surface area is 125 Å². The molecule has 106 valence electrons. The normalized spacial score (nSPS) is 12.5. The standard InChI is InChI=1S/C17H19ClO2/c1-11(2)20-16-10-5-4-7-14(16)17(19)13-8-6-9-15(18)12(13)3/h4-11,17,19H,1-3H3. The third-order valence-corrected chi connectivity index (χ3v) is 3.59. The van der Waals surface area contributed by atoms with E-state index in [-0.39, 0.29) is 6.10 Å². The van der Waals surface area contributed by atoms with Gasteiger partial charge in [0.2, 0.25) is 0 Å². The Kier molecular flexibility index (Phi) is 4.69. The number of benzene rings is 2. The highest BCUT2D eigenvalue weighted by atomic mass is 35.5. The zero-order valence-electron chi connectivity index (χ0n) is 11.9. The van der Waals surface area contributed by atoms with Gasteiger partial charge in [-0.2, -0.15) is 0 Å². The van der Waals surface area contributed by atoms with Crippen molar-refractivity contribution in [2.75, 3.05) is 0 Å². The molecule has 0 bridgehead atoms. The molecule has 0 fully saturated rings. The van der Waals surface area contributed by atoms with E-state index in [9.17, 15) is 5.11 Å². The molecule has 0 spiro atoms. The van der Waals surface area contributed by atoms with Gasteiger partial charge in [-0.05, 0) is 44.0 Å². The monoisotopic (exact) mass is 290 g/mol. The van der Waals surface area contributed by atoms with Gasteiger partial charge >= 0.3 is 0 Å². The van der Waals surface area contributed by atoms with Crippen molar-refractivity contribution in [2.24, 2.45) is 0 Å². The van der Waals surface area contributed by atoms with Crippen molar-refractivity contribution in [1.29, 1.82) is 0 Å². The number of ether oxygens (including phenoxy) is 1. The van der Waals surface area contributed by atoms with Crippen molar-refractivity contribution in [2.45, 2.75) is 33.0 Å². The van der Waals surface area contributed by atoms with Gasteiger partial charge in [0.25, 0.3) is 0 Å². The van der Waals surface area contributed by atoms with Crippen LogP contribution in [0.25, 0.3) is 0 Å². The predicted molar refractivity (Wildman–Crippen MR) is 82.5 cm³/mol. The molecule has 2 nitrogen and oxygen atoms in total. The number of rotatable bonds is 4. The van der Waals surface area contributed by atoms with E-state index in [1.807, 2.05) is 63.2 Å². The fourth-order valence-corrected chi connectivity index (χ4v) is 2.34. The van der Waals surface area contributed by atoms with Gasteiger partial charge in [-0.3, -0.25) is 0 Å². The first-order chi connectivity index (χ1) is 9.50. The third-order valence-electron chi connectivity index (χ3n) is 3.18. The smallest absolute Gasteiger partial charge is 0.125 e. The third kappa shape index (κ3) is 3.14. The highest BCUT2D eigenvalue weighted by Gasteiger charge is 2.18. The number of hydrogen-bond acceptors (Lipinski definition) is 2. The molecule has 0 aliphatic rings. The van der Waals surface area contributed by atoms with Gasteiger partial charge in [0.1, 0.15) is 11.9 Å². The van der Waals surface area contributed by atoms with Crippen LogP contribution in [0.5, 0.6) is 5.75 Å². The molecule has 2 rings (SSSR count). The molecule has 3 heteroatoms. The molecule has 2 aromatic rings. The maximum atomic E-state index is 10.7. The molecule has 0 amide bonds. The van der Waals surface area contributed by atoms with E-state index >= 15 is 0 Å². The number of aliphatic hydroxyl groups is 1. The SMILES string of the molecule is Cc1c(Cl)cccc1C(O)c1ccccc1OC(C)C. The van der Waals surface area contributed by atoms with E-state index in [1.54, 1.807) is 0 Å². The Balaban J connectivity index is 2.43. The molecular weight excluding hydrogens is 272 g/mol. The van der Waals surface area contributed by atoms with Crippen LogP contribution in [0.1, 0.15) is 36.6 Å². The maximum absolute atomic E-state index is 10.7. The van der Waals surface area contributed by atoms with Crippen LogP contribution < -0.4 is 4.74 Å². The maximum Gasteiger partial charge on any atom is 0.125 e. The largest absolute Gasteiger partial charge is 0.491 e. The van der Waals surface area contributed by atoms with Gasteiger partial charge < -0.3 is 9.84 Å². The average Bonchev–Trinajstić information content (AvgIpc) is 2.41. The minimum absolute atomic E-state index is 0.0591. The van der Waals surface area contributed by atoms with E-state index < -0.39 is 6.10 Å². The second-order valence-electron chi connectivity index (χ2n) is 5.06. The molecule has 0 aliphatic heterocycles. The lowest BCUT2D eigenvalue weighted by Crippen LogP contribution is -2.10. The number of hydrogen-bond donors (Lipinski definition) is 1. The molecule has 0 saturated carbocycles. The first-order valence-electron chi connectivity index (χ1n) is 6.69. The highest BCUT2D eigenvalue weighted by molar-refractivity contribution is 6.31. The summed E-state index contributed by atoms with van der Waals surface area (Å²) < 4.78 is 5.77. The molecular formula is C17H19ClO2. The highest BCUT2D eigenvalue weighted by Crippen LogP contribution is 2.33. The zero-order chi connectivity index (χ0) is 14.7. The summed E-state index contributed by atoms with van der Waals surface area (Å²) in [7, 11) is 0. The van der Waals surface area contributed by atoms with Crippen LogP contribution in [0.4, 0.5) is 0 Å². The van der Waals surface area contributed by atoms with Gasteiger partial charge in [0.15, 0.2) is 0 Å². The van der Waals surface area contributed by atoms with Crippen molar-refractivity contribution >= 4 is 11.6 Å². The van der Waals surface area contributed by atoms with Crippen molar-refractivity contribution in [1.82, 2.24) is 0 Å². The zero-order valence-corrected chi connectivity index (χ0v) is 12.7. The summed E-state index contributed by atoms with van der Waals surface area (Å²) in [6.45, 7) is 5.84. The van der Waals surface area contributed by atoms with E-state index in [1.165, 1.54) is 0 Å². The topological polar surface area (TPSA) is 29.5 Å². The van der Waals surface area contributed by atoms with Crippen LogP contribution in [0.2, 0.25) is 5.02 Å². The van der Waals surface area contributed by atoms with Gasteiger partial charge in [-0.25, -0.2) is 0 Å². The summed E-state index contributed by atoms with van der Waals surface area (Å²) in [5.41, 5.74) is 2.45. The van der Waals surface area contributed by atoms with E-state index in [4.69, 9.17) is 16.3 Å². The van der Waals surface area contributed by atoms with Crippen molar-refractivity contribution in [3.05, 3.63) is 64.2 Å². The lowest BCUT2D eigenvalue weighted by Gasteiger charge is -2.20. The quantitative estimate of drug-likeness (QED) is 0.897. The molecule has 0 radical (unpaired) electrons. The number of para-hydroxylation sites is 1. The number of halogens is 1. The van der Waals surface area contributed by atoms with Crippen LogP contribution in [-0.2, 0) is 0 Å². The Morgan fingerprint density at radius 3 is 2.35 bits per heavy atom. The minimum atomic E-state index is -0.747. The molecule has 0 aliphatic carbocycles. The van der Waals surface area contributed by atoms with Gasteiger partial charge in [0, 0.05) is 10.6 Å². The van der Waals surface area contributed by atoms with Crippen LogP contribution in [0, 0.1) is 6.92 Å². The first kappa shape index (κ1) is 14.9. The lowest BCUT2D eigenvalue weighted by molar-refractivity contribution is 0.197. The molecule has 1 atom stereocenters. The van der Waals surface area contributed by atoms with Gasteiger partial charge in [0.05, 0.1) is 6.10 Å². The van der Waals surface area contributed by atoms with Crippen LogP contribution in [-0.4, -0.2) is 11.2 Å².